The van der Waals surface area contributed by atoms with Crippen LogP contribution in [0.5, 0.6) is 0 Å². The highest BCUT2D eigenvalue weighted by Crippen LogP contribution is 2.22. The number of benzene rings is 2. The number of nitrogens with one attached hydrogen (secondary N) is 1. The molecule has 25 heavy (non-hydrogen) atoms. The number of aromatic nitrogens is 2. The smallest absolute Gasteiger partial charge is 0.233 e. The van der Waals surface area contributed by atoms with Crippen molar-refractivity contribution in [1.29, 1.82) is 0 Å². The van der Waals surface area contributed by atoms with Crippen LogP contribution in [0.3, 0.4) is 0 Å². The minimum atomic E-state index is -0.971. The average Bonchev–Trinajstić information content (AvgIpc) is 2.94. The molecule has 0 saturated heterocycles. The van der Waals surface area contributed by atoms with Crippen molar-refractivity contribution in [3.63, 3.8) is 0 Å². The van der Waals surface area contributed by atoms with Gasteiger partial charge in [0.15, 0.2) is 16.8 Å². The highest BCUT2D eigenvalue weighted by atomic mass is 32.2. The van der Waals surface area contributed by atoms with E-state index in [1.54, 1.807) is 19.2 Å². The monoisotopic (exact) mass is 365 g/mol. The van der Waals surface area contributed by atoms with E-state index < -0.39 is 11.6 Å². The zero-order valence-corrected chi connectivity index (χ0v) is 14.0. The molecular formula is C17H14F3N3OS. The molecule has 0 unspecified atom stereocenters. The van der Waals surface area contributed by atoms with Crippen molar-refractivity contribution >= 4 is 28.7 Å². The second-order valence-corrected chi connectivity index (χ2v) is 6.46. The summed E-state index contributed by atoms with van der Waals surface area (Å²) in [7, 11) is 1.62. The molecule has 130 valence electrons. The second kappa shape index (κ2) is 7.18. The Kier molecular flexibility index (Phi) is 4.98. The van der Waals surface area contributed by atoms with Gasteiger partial charge in [0.1, 0.15) is 5.82 Å². The van der Waals surface area contributed by atoms with Gasteiger partial charge >= 0.3 is 0 Å². The summed E-state index contributed by atoms with van der Waals surface area (Å²) in [5, 5.41) is 0.396. The van der Waals surface area contributed by atoms with Crippen LogP contribution in [-0.4, -0.2) is 33.6 Å². The predicted octanol–water partition coefficient (Wildman–Crippen LogP) is 3.73. The molecule has 0 bridgehead atoms. The lowest BCUT2D eigenvalue weighted by atomic mass is 10.2. The van der Waals surface area contributed by atoms with E-state index in [2.05, 4.69) is 9.97 Å². The maximum atomic E-state index is 13.2. The van der Waals surface area contributed by atoms with Crippen LogP contribution in [-0.2, 0) is 11.3 Å². The molecule has 0 fully saturated rings. The fourth-order valence-electron chi connectivity index (χ4n) is 2.29. The van der Waals surface area contributed by atoms with E-state index in [1.807, 2.05) is 0 Å². The normalized spacial score (nSPS) is 11.0. The minimum Gasteiger partial charge on any atom is -0.341 e. The van der Waals surface area contributed by atoms with Crippen molar-refractivity contribution in [2.24, 2.45) is 0 Å². The van der Waals surface area contributed by atoms with E-state index in [4.69, 9.17) is 0 Å². The molecule has 4 nitrogen and oxygen atoms in total. The van der Waals surface area contributed by atoms with Crippen LogP contribution in [0.2, 0.25) is 0 Å². The molecule has 3 aromatic rings. The fraction of sp³-hybridized carbons (Fsp3) is 0.176. The summed E-state index contributed by atoms with van der Waals surface area (Å²) in [5.74, 6) is -2.36. The molecule has 0 aliphatic heterocycles. The van der Waals surface area contributed by atoms with E-state index in [1.165, 1.54) is 17.0 Å². The Morgan fingerprint density at radius 3 is 2.72 bits per heavy atom. The average molecular weight is 365 g/mol. The van der Waals surface area contributed by atoms with Gasteiger partial charge in [-0.15, -0.1) is 0 Å². The number of rotatable bonds is 5. The number of carbonyl (C=O) groups excluding carboxylic acids is 1. The predicted molar refractivity (Wildman–Crippen MR) is 89.6 cm³/mol. The number of aromatic amines is 1. The van der Waals surface area contributed by atoms with Crippen LogP contribution >= 0.6 is 11.8 Å². The van der Waals surface area contributed by atoms with E-state index >= 15 is 0 Å². The van der Waals surface area contributed by atoms with Gasteiger partial charge in [-0.3, -0.25) is 4.79 Å². The lowest BCUT2D eigenvalue weighted by Gasteiger charge is -2.16. The Labute approximate surface area is 146 Å². The number of hydrogen-bond donors (Lipinski definition) is 1. The fourth-order valence-corrected chi connectivity index (χ4v) is 3.11. The topological polar surface area (TPSA) is 49.0 Å². The van der Waals surface area contributed by atoms with Gasteiger partial charge < -0.3 is 9.88 Å². The first-order valence-electron chi connectivity index (χ1n) is 7.38. The number of halogens is 3. The van der Waals surface area contributed by atoms with Gasteiger partial charge in [0.2, 0.25) is 5.91 Å². The molecule has 8 heteroatoms. The van der Waals surface area contributed by atoms with Gasteiger partial charge in [-0.2, -0.15) is 0 Å². The summed E-state index contributed by atoms with van der Waals surface area (Å²) >= 11 is 1.13. The van der Waals surface area contributed by atoms with Gasteiger partial charge in [0, 0.05) is 25.7 Å². The van der Waals surface area contributed by atoms with Crippen LogP contribution in [0, 0.1) is 17.5 Å². The summed E-state index contributed by atoms with van der Waals surface area (Å²) in [6.07, 6.45) is 0. The summed E-state index contributed by atoms with van der Waals surface area (Å²) in [4.78, 5) is 20.6. The quantitative estimate of drug-likeness (QED) is 0.701. The summed E-state index contributed by atoms with van der Waals surface area (Å²) in [6.45, 7) is 0.285. The molecule has 2 aromatic carbocycles. The molecule has 3 rings (SSSR count). The number of nitrogens with zero attached hydrogens (tertiary/aromatic N) is 2. The first-order chi connectivity index (χ1) is 11.9. The molecule has 1 amide bonds. The zero-order chi connectivity index (χ0) is 18.0. The summed E-state index contributed by atoms with van der Waals surface area (Å²) < 4.78 is 39.6. The van der Waals surface area contributed by atoms with Crippen LogP contribution < -0.4 is 0 Å². The van der Waals surface area contributed by atoms with Crippen molar-refractivity contribution in [1.82, 2.24) is 14.9 Å². The van der Waals surface area contributed by atoms with Crippen molar-refractivity contribution in [3.05, 3.63) is 59.4 Å². The molecule has 1 heterocycles. The third-order valence-electron chi connectivity index (χ3n) is 3.57. The number of hydrogen-bond acceptors (Lipinski definition) is 3. The number of carbonyl (C=O) groups is 1. The van der Waals surface area contributed by atoms with Crippen molar-refractivity contribution in [2.45, 2.75) is 11.7 Å². The van der Waals surface area contributed by atoms with Crippen molar-refractivity contribution in [3.8, 4) is 0 Å². The standard InChI is InChI=1S/C17H14F3N3OS/c1-23(8-10-3-2-4-11(18)5-10)16(24)9-25-17-21-14-6-12(19)13(20)7-15(14)22-17/h2-7H,8-9H2,1H3,(H,21,22). The molecule has 1 N–H and O–H groups in total. The first kappa shape index (κ1) is 17.3. The first-order valence-corrected chi connectivity index (χ1v) is 8.37. The van der Waals surface area contributed by atoms with Crippen LogP contribution in [0.4, 0.5) is 13.2 Å². The van der Waals surface area contributed by atoms with Crippen LogP contribution in [0.15, 0.2) is 41.6 Å². The third-order valence-corrected chi connectivity index (χ3v) is 4.43. The largest absolute Gasteiger partial charge is 0.341 e. The molecular weight excluding hydrogens is 351 g/mol. The molecule has 0 aliphatic carbocycles. The maximum absolute atomic E-state index is 13.2. The SMILES string of the molecule is CN(Cc1cccc(F)c1)C(=O)CSc1nc2cc(F)c(F)cc2[nH]1. The Balaban J connectivity index is 1.61. The van der Waals surface area contributed by atoms with Gasteiger partial charge in [-0.05, 0) is 17.7 Å². The Morgan fingerprint density at radius 2 is 1.96 bits per heavy atom. The Hall–Kier alpha value is -2.48. The van der Waals surface area contributed by atoms with Gasteiger partial charge in [-0.25, -0.2) is 18.2 Å². The van der Waals surface area contributed by atoms with E-state index in [0.717, 1.165) is 23.9 Å². The molecule has 0 saturated carbocycles. The highest BCUT2D eigenvalue weighted by Gasteiger charge is 2.13. The van der Waals surface area contributed by atoms with Gasteiger partial charge in [-0.1, -0.05) is 23.9 Å². The molecule has 0 aliphatic rings. The minimum absolute atomic E-state index is 0.0939. The number of amides is 1. The van der Waals surface area contributed by atoms with Gasteiger partial charge in [0.25, 0.3) is 0 Å². The molecule has 0 spiro atoms. The van der Waals surface area contributed by atoms with Crippen molar-refractivity contribution in [2.75, 3.05) is 12.8 Å². The van der Waals surface area contributed by atoms with E-state index in [-0.39, 0.29) is 24.0 Å². The summed E-state index contributed by atoms with van der Waals surface area (Å²) in [6, 6.07) is 8.07. The summed E-state index contributed by atoms with van der Waals surface area (Å²) in [5.41, 5.74) is 1.35. The highest BCUT2D eigenvalue weighted by molar-refractivity contribution is 7.99. The van der Waals surface area contributed by atoms with E-state index in [9.17, 15) is 18.0 Å². The molecule has 1 aromatic heterocycles. The van der Waals surface area contributed by atoms with E-state index in [0.29, 0.717) is 21.8 Å². The Bertz CT molecular complexity index is 890. The third kappa shape index (κ3) is 4.14. The Morgan fingerprint density at radius 1 is 1.20 bits per heavy atom. The number of imidazole rings is 1. The lowest BCUT2D eigenvalue weighted by molar-refractivity contribution is -0.127. The molecule has 0 atom stereocenters. The number of fused-ring (bicyclic) bond motifs is 1. The van der Waals surface area contributed by atoms with Crippen molar-refractivity contribution < 1.29 is 18.0 Å². The maximum Gasteiger partial charge on any atom is 0.233 e. The van der Waals surface area contributed by atoms with Crippen LogP contribution in [0.1, 0.15) is 5.56 Å². The number of thioether (sulfide) groups is 1. The second-order valence-electron chi connectivity index (χ2n) is 5.49. The zero-order valence-electron chi connectivity index (χ0n) is 13.2. The van der Waals surface area contributed by atoms with Gasteiger partial charge in [0.05, 0.1) is 16.8 Å². The van der Waals surface area contributed by atoms with Crippen LogP contribution in [0.25, 0.3) is 11.0 Å². The lowest BCUT2D eigenvalue weighted by Crippen LogP contribution is -2.27. The molecule has 0 radical (unpaired) electrons. The number of H-pyrrole nitrogens is 1.